The van der Waals surface area contributed by atoms with E-state index >= 15 is 0 Å². The fourth-order valence-electron chi connectivity index (χ4n) is 6.76. The molecule has 1 aliphatic carbocycles. The molecule has 0 N–H and O–H groups in total. The average molecular weight is 649 g/mol. The summed E-state index contributed by atoms with van der Waals surface area (Å²) in [4.78, 5) is 32.6. The average Bonchev–Trinajstić information content (AvgIpc) is 3.90. The molecule has 1 saturated carbocycles. The van der Waals surface area contributed by atoms with E-state index in [-0.39, 0.29) is 47.7 Å². The Balaban J connectivity index is 0.987. The van der Waals surface area contributed by atoms with Crippen molar-refractivity contribution in [3.8, 4) is 0 Å². The van der Waals surface area contributed by atoms with Crippen LogP contribution in [0.15, 0.2) is 89.8 Å². The molecule has 0 radical (unpaired) electrons. The highest BCUT2D eigenvalue weighted by atomic mass is 35.5. The minimum atomic E-state index is -3.65. The molecule has 8 nitrogen and oxygen atoms in total. The molecular weight excluding hydrogens is 608 g/mol. The lowest BCUT2D eigenvalue weighted by Crippen LogP contribution is -2.50. The number of amides is 2. The maximum Gasteiger partial charge on any atom is 0.243 e. The van der Waals surface area contributed by atoms with Crippen molar-refractivity contribution in [2.75, 3.05) is 39.3 Å². The molecule has 6 rings (SSSR count). The number of halogens is 1. The van der Waals surface area contributed by atoms with Crippen LogP contribution in [0, 0.1) is 0 Å². The first kappa shape index (κ1) is 31.7. The van der Waals surface area contributed by atoms with E-state index in [0.29, 0.717) is 44.0 Å². The Labute approximate surface area is 271 Å². The summed E-state index contributed by atoms with van der Waals surface area (Å²) >= 11 is 5.99. The summed E-state index contributed by atoms with van der Waals surface area (Å²) in [6, 6.07) is 27.3. The first-order valence-electron chi connectivity index (χ1n) is 16.0. The fourth-order valence-corrected chi connectivity index (χ4v) is 8.82. The van der Waals surface area contributed by atoms with Crippen LogP contribution in [0.1, 0.15) is 55.7 Å². The molecule has 0 spiro atoms. The highest BCUT2D eigenvalue weighted by Crippen LogP contribution is 2.37. The molecule has 0 bridgehead atoms. The van der Waals surface area contributed by atoms with E-state index in [4.69, 9.17) is 11.6 Å². The van der Waals surface area contributed by atoms with Gasteiger partial charge >= 0.3 is 0 Å². The van der Waals surface area contributed by atoms with E-state index in [1.165, 1.54) is 11.1 Å². The van der Waals surface area contributed by atoms with E-state index in [2.05, 4.69) is 53.4 Å². The second-order valence-corrected chi connectivity index (χ2v) is 14.6. The molecule has 45 heavy (non-hydrogen) atoms. The molecule has 3 fully saturated rings. The van der Waals surface area contributed by atoms with Gasteiger partial charge < -0.3 is 9.80 Å². The van der Waals surface area contributed by atoms with E-state index in [9.17, 15) is 18.0 Å². The van der Waals surface area contributed by atoms with Crippen molar-refractivity contribution in [3.63, 3.8) is 0 Å². The summed E-state index contributed by atoms with van der Waals surface area (Å²) in [5, 5.41) is 0.499. The zero-order valence-electron chi connectivity index (χ0n) is 25.5. The largest absolute Gasteiger partial charge is 0.343 e. The molecular formula is C35H41ClN4O4S. The summed E-state index contributed by atoms with van der Waals surface area (Å²) in [7, 11) is -3.65. The van der Waals surface area contributed by atoms with Gasteiger partial charge in [0.2, 0.25) is 21.8 Å². The normalized spacial score (nSPS) is 18.5. The number of sulfonamides is 1. The van der Waals surface area contributed by atoms with E-state index < -0.39 is 10.0 Å². The maximum absolute atomic E-state index is 13.5. The predicted octanol–water partition coefficient (Wildman–Crippen LogP) is 5.20. The molecule has 0 unspecified atom stereocenters. The van der Waals surface area contributed by atoms with Crippen LogP contribution in [0.25, 0.3) is 0 Å². The zero-order valence-corrected chi connectivity index (χ0v) is 27.1. The van der Waals surface area contributed by atoms with Crippen LogP contribution in [0.3, 0.4) is 0 Å². The molecule has 3 aromatic carbocycles. The fraction of sp³-hybridized carbons (Fsp3) is 0.429. The zero-order chi connectivity index (χ0) is 31.4. The van der Waals surface area contributed by atoms with Gasteiger partial charge in [0.1, 0.15) is 0 Å². The Hall–Kier alpha value is -3.24. The van der Waals surface area contributed by atoms with Gasteiger partial charge in [0.25, 0.3) is 0 Å². The van der Waals surface area contributed by atoms with Crippen LogP contribution in [0.2, 0.25) is 5.02 Å². The Bertz CT molecular complexity index is 1510. The number of benzene rings is 3. The van der Waals surface area contributed by atoms with Crippen LogP contribution in [0.5, 0.6) is 0 Å². The minimum Gasteiger partial charge on any atom is -0.343 e. The highest BCUT2D eigenvalue weighted by Gasteiger charge is 2.43. The third-order valence-corrected chi connectivity index (χ3v) is 11.6. The van der Waals surface area contributed by atoms with Gasteiger partial charge in [-0.3, -0.25) is 14.5 Å². The predicted molar refractivity (Wildman–Crippen MR) is 175 cm³/mol. The number of piperidine rings is 1. The molecule has 2 aliphatic heterocycles. The third kappa shape index (κ3) is 7.43. The second kappa shape index (κ2) is 14.0. The van der Waals surface area contributed by atoms with Crippen molar-refractivity contribution in [1.82, 2.24) is 19.0 Å². The van der Waals surface area contributed by atoms with Gasteiger partial charge in [-0.05, 0) is 61.1 Å². The van der Waals surface area contributed by atoms with Crippen molar-refractivity contribution < 1.29 is 18.0 Å². The van der Waals surface area contributed by atoms with Crippen LogP contribution < -0.4 is 0 Å². The van der Waals surface area contributed by atoms with Crippen LogP contribution >= 0.6 is 11.6 Å². The lowest BCUT2D eigenvalue weighted by Gasteiger charge is -2.40. The number of hydrogen-bond acceptors (Lipinski definition) is 5. The second-order valence-electron chi connectivity index (χ2n) is 12.3. The summed E-state index contributed by atoms with van der Waals surface area (Å²) in [6.45, 7) is 3.78. The Morgan fingerprint density at radius 3 is 1.62 bits per heavy atom. The number of nitrogens with zero attached hydrogens (tertiary/aromatic N) is 4. The Kier molecular flexibility index (Phi) is 9.90. The lowest BCUT2D eigenvalue weighted by atomic mass is 9.96. The smallest absolute Gasteiger partial charge is 0.243 e. The monoisotopic (exact) mass is 648 g/mol. The summed E-state index contributed by atoms with van der Waals surface area (Å²) in [5.74, 6) is -0.0185. The van der Waals surface area contributed by atoms with Gasteiger partial charge in [-0.1, -0.05) is 72.3 Å². The van der Waals surface area contributed by atoms with Crippen LogP contribution in [-0.4, -0.2) is 90.6 Å². The van der Waals surface area contributed by atoms with Crippen molar-refractivity contribution in [3.05, 3.63) is 101 Å². The quantitative estimate of drug-likeness (QED) is 0.302. The van der Waals surface area contributed by atoms with Crippen molar-refractivity contribution in [2.24, 2.45) is 0 Å². The summed E-state index contributed by atoms with van der Waals surface area (Å²) < 4.78 is 28.7. The standard InChI is InChI=1S/C35H41ClN4O4S/c36-29-11-15-32(16-12-29)45(43,44)40(30-13-14-30)31-19-21-37(22-20-31)33(41)17-18-34(42)38-23-25-39(26-24-38)35(27-7-3-1-4-8-27)28-9-5-2-6-10-28/h1-12,15-16,30-31,35H,13-14,17-26H2. The molecule has 0 aromatic heterocycles. The van der Waals surface area contributed by atoms with Crippen LogP contribution in [-0.2, 0) is 19.6 Å². The summed E-state index contributed by atoms with van der Waals surface area (Å²) in [5.41, 5.74) is 2.47. The molecule has 0 atom stereocenters. The van der Waals surface area contributed by atoms with Gasteiger partial charge in [-0.25, -0.2) is 8.42 Å². The van der Waals surface area contributed by atoms with Gasteiger partial charge in [0.15, 0.2) is 0 Å². The molecule has 238 valence electrons. The first-order valence-corrected chi connectivity index (χ1v) is 17.8. The molecule has 3 aromatic rings. The number of hydrogen-bond donors (Lipinski definition) is 0. The maximum atomic E-state index is 13.5. The van der Waals surface area contributed by atoms with Crippen molar-refractivity contribution >= 4 is 33.4 Å². The molecule has 2 saturated heterocycles. The van der Waals surface area contributed by atoms with E-state index in [0.717, 1.165) is 25.9 Å². The van der Waals surface area contributed by atoms with Gasteiger partial charge in [-0.2, -0.15) is 4.31 Å². The first-order chi connectivity index (χ1) is 21.8. The number of carbonyl (C=O) groups excluding carboxylic acids is 2. The Morgan fingerprint density at radius 1 is 0.667 bits per heavy atom. The molecule has 3 aliphatic rings. The van der Waals surface area contributed by atoms with Crippen LogP contribution in [0.4, 0.5) is 0 Å². The third-order valence-electron chi connectivity index (χ3n) is 9.29. The number of piperazine rings is 1. The molecule has 2 amide bonds. The van der Waals surface area contributed by atoms with E-state index in [1.807, 2.05) is 17.0 Å². The topological polar surface area (TPSA) is 81.2 Å². The lowest BCUT2D eigenvalue weighted by molar-refractivity contribution is -0.138. The SMILES string of the molecule is O=C(CCC(=O)N1CCN(C(c2ccccc2)c2ccccc2)CC1)N1CCC(N(C2CC2)S(=O)(=O)c2ccc(Cl)cc2)CC1. The number of likely N-dealkylation sites (tertiary alicyclic amines) is 1. The van der Waals surface area contributed by atoms with Crippen molar-refractivity contribution in [2.45, 2.75) is 61.5 Å². The van der Waals surface area contributed by atoms with Crippen molar-refractivity contribution in [1.29, 1.82) is 0 Å². The molecule has 2 heterocycles. The van der Waals surface area contributed by atoms with Gasteiger partial charge in [0, 0.05) is 69.2 Å². The Morgan fingerprint density at radius 2 is 1.13 bits per heavy atom. The van der Waals surface area contributed by atoms with Gasteiger partial charge in [0.05, 0.1) is 10.9 Å². The minimum absolute atomic E-state index is 0.0165. The number of rotatable bonds is 10. The highest BCUT2D eigenvalue weighted by molar-refractivity contribution is 7.89. The summed E-state index contributed by atoms with van der Waals surface area (Å²) in [6.07, 6.45) is 3.28. The number of carbonyl (C=O) groups is 2. The van der Waals surface area contributed by atoms with Gasteiger partial charge in [-0.15, -0.1) is 0 Å². The van der Waals surface area contributed by atoms with E-state index in [1.54, 1.807) is 33.5 Å². The molecule has 10 heteroatoms.